The SMILES string of the molecule is c1ccc(C2N=C(c3cccc4oc5ccccc5c34)N=C(c3cccc4oc5c(-c6ccc7ccccc7c6)cccc5c34)N2)cc1. The van der Waals surface area contributed by atoms with E-state index in [1.54, 1.807) is 0 Å². The molecule has 5 heteroatoms. The van der Waals surface area contributed by atoms with Crippen molar-refractivity contribution in [2.45, 2.75) is 6.17 Å². The zero-order valence-electron chi connectivity index (χ0n) is 25.7. The van der Waals surface area contributed by atoms with Crippen LogP contribution in [0.5, 0.6) is 0 Å². The van der Waals surface area contributed by atoms with Gasteiger partial charge in [-0.2, -0.15) is 0 Å². The van der Waals surface area contributed by atoms with Crippen molar-refractivity contribution in [3.05, 3.63) is 168 Å². The van der Waals surface area contributed by atoms with E-state index in [4.69, 9.17) is 18.8 Å². The van der Waals surface area contributed by atoms with E-state index in [0.717, 1.165) is 77.5 Å². The summed E-state index contributed by atoms with van der Waals surface area (Å²) in [6, 6.07) is 52.1. The summed E-state index contributed by atoms with van der Waals surface area (Å²) in [6.07, 6.45) is -0.344. The maximum absolute atomic E-state index is 6.67. The predicted molar refractivity (Wildman–Crippen MR) is 196 cm³/mol. The van der Waals surface area contributed by atoms with Crippen molar-refractivity contribution >= 4 is 66.3 Å². The Hall–Kier alpha value is -6.46. The molecule has 0 bridgehead atoms. The number of aliphatic imine (C=N–C) groups is 2. The topological polar surface area (TPSA) is 63.0 Å². The highest BCUT2D eigenvalue weighted by atomic mass is 16.3. The lowest BCUT2D eigenvalue weighted by Crippen LogP contribution is -2.33. The van der Waals surface area contributed by atoms with Gasteiger partial charge in [0.05, 0.1) is 0 Å². The second kappa shape index (κ2) is 10.5. The second-order valence-corrected chi connectivity index (χ2v) is 12.2. The number of nitrogens with zero attached hydrogens (tertiary/aromatic N) is 2. The number of amidine groups is 2. The minimum atomic E-state index is -0.344. The van der Waals surface area contributed by atoms with Crippen LogP contribution in [0.25, 0.3) is 65.8 Å². The van der Waals surface area contributed by atoms with Crippen molar-refractivity contribution in [3.8, 4) is 11.1 Å². The Morgan fingerprint density at radius 2 is 1.17 bits per heavy atom. The van der Waals surface area contributed by atoms with E-state index in [-0.39, 0.29) is 6.17 Å². The summed E-state index contributed by atoms with van der Waals surface area (Å²) in [5.74, 6) is 1.39. The van der Waals surface area contributed by atoms with Crippen LogP contribution in [0, 0.1) is 0 Å². The van der Waals surface area contributed by atoms with Gasteiger partial charge in [-0.25, -0.2) is 9.98 Å². The molecule has 7 aromatic carbocycles. The number of hydrogen-bond donors (Lipinski definition) is 1. The van der Waals surface area contributed by atoms with Gasteiger partial charge in [0.25, 0.3) is 0 Å². The molecule has 0 saturated heterocycles. The first-order chi connectivity index (χ1) is 23.8. The predicted octanol–water partition coefficient (Wildman–Crippen LogP) is 10.8. The van der Waals surface area contributed by atoms with Gasteiger partial charge in [-0.3, -0.25) is 0 Å². The molecule has 1 aliphatic rings. The van der Waals surface area contributed by atoms with Crippen molar-refractivity contribution < 1.29 is 8.83 Å². The van der Waals surface area contributed by atoms with Crippen LogP contribution in [0.2, 0.25) is 0 Å². The third-order valence-electron chi connectivity index (χ3n) is 9.34. The van der Waals surface area contributed by atoms with E-state index in [0.29, 0.717) is 5.84 Å². The van der Waals surface area contributed by atoms with Gasteiger partial charge in [0.15, 0.2) is 5.84 Å². The van der Waals surface area contributed by atoms with E-state index >= 15 is 0 Å². The van der Waals surface area contributed by atoms with Crippen molar-refractivity contribution in [2.24, 2.45) is 9.98 Å². The molecule has 0 spiro atoms. The van der Waals surface area contributed by atoms with Crippen molar-refractivity contribution in [2.75, 3.05) is 0 Å². The highest BCUT2D eigenvalue weighted by Crippen LogP contribution is 2.39. The first-order valence-electron chi connectivity index (χ1n) is 16.1. The Morgan fingerprint density at radius 1 is 0.500 bits per heavy atom. The second-order valence-electron chi connectivity index (χ2n) is 12.2. The number of furan rings is 2. The minimum absolute atomic E-state index is 0.344. The zero-order valence-corrected chi connectivity index (χ0v) is 25.7. The third kappa shape index (κ3) is 4.18. The van der Waals surface area contributed by atoms with Gasteiger partial charge in [0, 0.05) is 38.2 Å². The Morgan fingerprint density at radius 3 is 2.06 bits per heavy atom. The molecule has 1 unspecified atom stereocenters. The number of para-hydroxylation sites is 2. The molecule has 0 amide bonds. The number of hydrogen-bond acceptors (Lipinski definition) is 5. The Bertz CT molecular complexity index is 2770. The van der Waals surface area contributed by atoms with E-state index < -0.39 is 0 Å². The number of fused-ring (bicyclic) bond motifs is 7. The van der Waals surface area contributed by atoms with E-state index in [1.165, 1.54) is 10.8 Å². The molecule has 226 valence electrons. The molecule has 10 rings (SSSR count). The number of benzene rings is 7. The van der Waals surface area contributed by atoms with E-state index in [2.05, 4.69) is 96.3 Å². The summed E-state index contributed by atoms with van der Waals surface area (Å²) in [4.78, 5) is 10.5. The largest absolute Gasteiger partial charge is 0.456 e. The maximum atomic E-state index is 6.67. The summed E-state index contributed by atoms with van der Waals surface area (Å²) >= 11 is 0. The van der Waals surface area contributed by atoms with Gasteiger partial charge in [0.2, 0.25) is 0 Å². The van der Waals surface area contributed by atoms with Gasteiger partial charge in [-0.05, 0) is 46.2 Å². The standard InChI is InChI=1S/C43H27N3O2/c1-2-12-27(13-3-1)41-44-42(33-18-9-21-36-38(33)31-15-6-7-20-35(31)47-36)46-43(45-41)34-19-10-22-37-39(34)32-17-8-16-30(40(32)48-37)29-24-23-26-11-4-5-14-28(26)25-29/h1-25,41H,(H,44,45,46). The number of rotatable bonds is 4. The quantitative estimate of drug-likeness (QED) is 0.214. The molecule has 2 aromatic heterocycles. The molecular weight excluding hydrogens is 590 g/mol. The first-order valence-corrected chi connectivity index (χ1v) is 16.1. The highest BCUT2D eigenvalue weighted by Gasteiger charge is 2.26. The molecule has 0 radical (unpaired) electrons. The van der Waals surface area contributed by atoms with Crippen LogP contribution in [-0.2, 0) is 0 Å². The Kier molecular flexibility index (Phi) is 5.87. The van der Waals surface area contributed by atoms with Crippen LogP contribution in [-0.4, -0.2) is 11.7 Å². The van der Waals surface area contributed by atoms with Gasteiger partial charge in [-0.1, -0.05) is 127 Å². The molecule has 0 aliphatic carbocycles. The summed E-state index contributed by atoms with van der Waals surface area (Å²) in [5, 5.41) is 10.2. The molecule has 0 fully saturated rings. The summed E-state index contributed by atoms with van der Waals surface area (Å²) < 4.78 is 12.9. The Balaban J connectivity index is 1.18. The average Bonchev–Trinajstić information content (AvgIpc) is 3.73. The molecule has 9 aromatic rings. The molecule has 1 N–H and O–H groups in total. The smallest absolute Gasteiger partial charge is 0.160 e. The fourth-order valence-electron chi connectivity index (χ4n) is 7.10. The van der Waals surface area contributed by atoms with Crippen LogP contribution in [0.1, 0.15) is 22.9 Å². The summed E-state index contributed by atoms with van der Waals surface area (Å²) in [6.45, 7) is 0. The van der Waals surface area contributed by atoms with Gasteiger partial charge < -0.3 is 14.2 Å². The molecular formula is C43H27N3O2. The fourth-order valence-corrected chi connectivity index (χ4v) is 7.10. The van der Waals surface area contributed by atoms with Crippen LogP contribution in [0.4, 0.5) is 0 Å². The van der Waals surface area contributed by atoms with E-state index in [9.17, 15) is 0 Å². The normalized spacial score (nSPS) is 14.9. The molecule has 48 heavy (non-hydrogen) atoms. The molecule has 1 aliphatic heterocycles. The van der Waals surface area contributed by atoms with E-state index in [1.807, 2.05) is 60.7 Å². The van der Waals surface area contributed by atoms with Gasteiger partial charge in [-0.15, -0.1) is 0 Å². The Labute approximate surface area is 275 Å². The minimum Gasteiger partial charge on any atom is -0.456 e. The average molecular weight is 618 g/mol. The summed E-state index contributed by atoms with van der Waals surface area (Å²) in [5.41, 5.74) is 8.43. The van der Waals surface area contributed by atoms with Crippen LogP contribution < -0.4 is 5.32 Å². The lowest BCUT2D eigenvalue weighted by Gasteiger charge is -2.24. The van der Waals surface area contributed by atoms with Crippen molar-refractivity contribution in [3.63, 3.8) is 0 Å². The maximum Gasteiger partial charge on any atom is 0.160 e. The first kappa shape index (κ1) is 26.7. The van der Waals surface area contributed by atoms with Crippen LogP contribution in [0.15, 0.2) is 170 Å². The van der Waals surface area contributed by atoms with Crippen LogP contribution in [0.3, 0.4) is 0 Å². The fraction of sp³-hybridized carbons (Fsp3) is 0.0233. The third-order valence-corrected chi connectivity index (χ3v) is 9.34. The van der Waals surface area contributed by atoms with Gasteiger partial charge >= 0.3 is 0 Å². The zero-order chi connectivity index (χ0) is 31.6. The lowest BCUT2D eigenvalue weighted by molar-refractivity contribution is 0.668. The number of nitrogens with one attached hydrogen (secondary N) is 1. The molecule has 0 saturated carbocycles. The molecule has 3 heterocycles. The van der Waals surface area contributed by atoms with Crippen molar-refractivity contribution in [1.29, 1.82) is 0 Å². The molecule has 1 atom stereocenters. The highest BCUT2D eigenvalue weighted by molar-refractivity contribution is 6.25. The van der Waals surface area contributed by atoms with Crippen LogP contribution >= 0.6 is 0 Å². The summed E-state index contributed by atoms with van der Waals surface area (Å²) in [7, 11) is 0. The lowest BCUT2D eigenvalue weighted by atomic mass is 9.98. The van der Waals surface area contributed by atoms with Gasteiger partial charge in [0.1, 0.15) is 34.3 Å². The monoisotopic (exact) mass is 617 g/mol. The molecule has 5 nitrogen and oxygen atoms in total. The van der Waals surface area contributed by atoms with Crippen molar-refractivity contribution in [1.82, 2.24) is 5.32 Å².